The zero-order valence-electron chi connectivity index (χ0n) is 11.0. The van der Waals surface area contributed by atoms with Gasteiger partial charge in [-0.2, -0.15) is 5.12 Å². The molecule has 0 aliphatic carbocycles. The minimum absolute atomic E-state index is 0.215. The quantitative estimate of drug-likeness (QED) is 0.349. The first-order valence-electron chi connectivity index (χ1n) is 6.42. The lowest BCUT2D eigenvalue weighted by Gasteiger charge is -2.38. The Morgan fingerprint density at radius 1 is 1.40 bits per heavy atom. The van der Waals surface area contributed by atoms with Crippen LogP contribution in [0, 0.1) is 4.91 Å². The molecule has 1 aliphatic heterocycles. The molecule has 1 aromatic rings. The van der Waals surface area contributed by atoms with Gasteiger partial charge in [0.1, 0.15) is 0 Å². The van der Waals surface area contributed by atoms with Crippen LogP contribution in [0.25, 0.3) is 0 Å². The number of benzene rings is 1. The Labute approximate surface area is 123 Å². The summed E-state index contributed by atoms with van der Waals surface area (Å²) in [5.74, 6) is 0.230. The molecule has 0 saturated carbocycles. The monoisotopic (exact) mass is 317 g/mol. The molecule has 1 atom stereocenters. The molecule has 2 rings (SSSR count). The summed E-state index contributed by atoms with van der Waals surface area (Å²) in [7, 11) is -3.14. The van der Waals surface area contributed by atoms with Crippen LogP contribution in [0.5, 0.6) is 0 Å². The Balaban J connectivity index is 2.20. The van der Waals surface area contributed by atoms with Crippen LogP contribution in [0.1, 0.15) is 12.0 Å². The van der Waals surface area contributed by atoms with Gasteiger partial charge >= 0.3 is 0 Å². The van der Waals surface area contributed by atoms with Crippen molar-refractivity contribution in [3.8, 4) is 0 Å². The third kappa shape index (κ3) is 3.58. The molecule has 1 aliphatic rings. The average molecular weight is 318 g/mol. The van der Waals surface area contributed by atoms with Gasteiger partial charge in [-0.25, -0.2) is 0 Å². The number of hydrogen-bond donors (Lipinski definition) is 0. The van der Waals surface area contributed by atoms with Gasteiger partial charge in [0.25, 0.3) is 7.52 Å². The summed E-state index contributed by atoms with van der Waals surface area (Å²) >= 11 is 5.65. The lowest BCUT2D eigenvalue weighted by Crippen LogP contribution is -2.41. The van der Waals surface area contributed by atoms with Crippen LogP contribution in [0.15, 0.2) is 35.6 Å². The number of hydrogen-bond acceptors (Lipinski definition) is 4. The van der Waals surface area contributed by atoms with Crippen molar-refractivity contribution in [2.24, 2.45) is 5.29 Å². The summed E-state index contributed by atoms with van der Waals surface area (Å²) in [6, 6.07) is 9.42. The van der Waals surface area contributed by atoms with Crippen LogP contribution in [0.4, 0.5) is 0 Å². The second-order valence-corrected chi connectivity index (χ2v) is 7.12. The van der Waals surface area contributed by atoms with Crippen molar-refractivity contribution in [3.05, 3.63) is 40.8 Å². The highest BCUT2D eigenvalue weighted by Crippen LogP contribution is 2.56. The van der Waals surface area contributed by atoms with Gasteiger partial charge in [-0.15, -0.1) is 21.3 Å². The normalized spacial score (nSPS) is 23.4. The Hall–Kier alpha value is -0.940. The van der Waals surface area contributed by atoms with Crippen LogP contribution < -0.4 is 0 Å². The number of hydrazine groups is 1. The number of halogens is 1. The Bertz CT molecular complexity index is 488. The molecule has 1 fully saturated rings. The fourth-order valence-electron chi connectivity index (χ4n) is 2.12. The van der Waals surface area contributed by atoms with Gasteiger partial charge in [0.2, 0.25) is 0 Å². The van der Waals surface area contributed by atoms with E-state index in [0.29, 0.717) is 19.6 Å². The number of rotatable bonds is 6. The molecule has 110 valence electrons. The highest BCUT2D eigenvalue weighted by atomic mass is 35.5. The first-order chi connectivity index (χ1) is 9.69. The van der Waals surface area contributed by atoms with E-state index in [4.69, 9.17) is 16.1 Å². The van der Waals surface area contributed by atoms with Gasteiger partial charge in [0, 0.05) is 12.4 Å². The molecular formula is C12H17ClN3O3P. The Morgan fingerprint density at radius 2 is 2.15 bits per heavy atom. The van der Waals surface area contributed by atoms with E-state index in [1.807, 2.05) is 30.3 Å². The largest absolute Gasteiger partial charge is 0.316 e. The zero-order valence-corrected chi connectivity index (χ0v) is 12.7. The molecule has 1 heterocycles. The lowest BCUT2D eigenvalue weighted by atomic mass is 10.2. The highest BCUT2D eigenvalue weighted by molar-refractivity contribution is 7.55. The van der Waals surface area contributed by atoms with E-state index in [2.05, 4.69) is 5.29 Å². The van der Waals surface area contributed by atoms with E-state index in [-0.39, 0.29) is 18.6 Å². The van der Waals surface area contributed by atoms with Crippen LogP contribution in [-0.2, 0) is 15.3 Å². The van der Waals surface area contributed by atoms with Crippen molar-refractivity contribution >= 4 is 19.1 Å². The molecule has 1 saturated heterocycles. The number of nitrogens with zero attached hydrogens (tertiary/aromatic N) is 3. The molecular weight excluding hydrogens is 301 g/mol. The maximum Gasteiger partial charge on any atom is 0.295 e. The van der Waals surface area contributed by atoms with E-state index in [1.165, 1.54) is 4.78 Å². The Kier molecular flexibility index (Phi) is 5.54. The molecule has 1 unspecified atom stereocenters. The SMILES string of the molecule is O=NN(CCCl)N1CCCOP1(=O)Cc1ccccc1. The number of nitroso groups, excluding NO2 is 1. The van der Waals surface area contributed by atoms with Gasteiger partial charge in [0.15, 0.2) is 0 Å². The maximum atomic E-state index is 13.0. The second kappa shape index (κ2) is 7.18. The van der Waals surface area contributed by atoms with E-state index in [0.717, 1.165) is 10.7 Å². The highest BCUT2D eigenvalue weighted by Gasteiger charge is 2.39. The van der Waals surface area contributed by atoms with E-state index < -0.39 is 7.52 Å². The molecule has 6 nitrogen and oxygen atoms in total. The van der Waals surface area contributed by atoms with Gasteiger partial charge < -0.3 is 4.52 Å². The molecule has 0 aromatic heterocycles. The molecule has 0 amide bonds. The first kappa shape index (κ1) is 15.4. The van der Waals surface area contributed by atoms with E-state index >= 15 is 0 Å². The lowest BCUT2D eigenvalue weighted by molar-refractivity contribution is 0.0226. The molecule has 1 aromatic carbocycles. The van der Waals surface area contributed by atoms with Crippen molar-refractivity contribution in [3.63, 3.8) is 0 Å². The maximum absolute atomic E-state index is 13.0. The summed E-state index contributed by atoms with van der Waals surface area (Å²) < 4.78 is 20.0. The molecule has 0 spiro atoms. The summed E-state index contributed by atoms with van der Waals surface area (Å²) in [4.78, 5) is 10.9. The summed E-state index contributed by atoms with van der Waals surface area (Å²) in [6.07, 6.45) is 0.954. The Morgan fingerprint density at radius 3 is 2.80 bits per heavy atom. The predicted octanol–water partition coefficient (Wildman–Crippen LogP) is 3.24. The minimum Gasteiger partial charge on any atom is -0.316 e. The van der Waals surface area contributed by atoms with Gasteiger partial charge in [-0.1, -0.05) is 30.3 Å². The van der Waals surface area contributed by atoms with Gasteiger partial charge in [-0.3, -0.25) is 4.57 Å². The van der Waals surface area contributed by atoms with Crippen LogP contribution >= 0.6 is 19.1 Å². The van der Waals surface area contributed by atoms with Crippen LogP contribution in [0.3, 0.4) is 0 Å². The summed E-state index contributed by atoms with van der Waals surface area (Å²) in [5, 5.41) is 4.03. The number of alkyl halides is 1. The van der Waals surface area contributed by atoms with Crippen molar-refractivity contribution in [1.82, 2.24) is 9.90 Å². The van der Waals surface area contributed by atoms with Crippen LogP contribution in [-0.4, -0.2) is 35.5 Å². The van der Waals surface area contributed by atoms with Crippen LogP contribution in [0.2, 0.25) is 0 Å². The zero-order chi connectivity index (χ0) is 14.4. The predicted molar refractivity (Wildman–Crippen MR) is 78.2 cm³/mol. The molecule has 20 heavy (non-hydrogen) atoms. The van der Waals surface area contributed by atoms with Crippen molar-refractivity contribution in [2.75, 3.05) is 25.6 Å². The average Bonchev–Trinajstić information content (AvgIpc) is 2.46. The standard InChI is InChI=1S/C12H17ClN3O3P/c13-7-9-15(14-17)16-8-4-10-19-20(16,18)11-12-5-2-1-3-6-12/h1-3,5-6H,4,7-11H2. The topological polar surface area (TPSA) is 62.2 Å². The smallest absolute Gasteiger partial charge is 0.295 e. The summed E-state index contributed by atoms with van der Waals surface area (Å²) in [6.45, 7) is 1.12. The van der Waals surface area contributed by atoms with E-state index in [9.17, 15) is 9.47 Å². The third-order valence-corrected chi connectivity index (χ3v) is 5.65. The van der Waals surface area contributed by atoms with Crippen molar-refractivity contribution in [2.45, 2.75) is 12.6 Å². The molecule has 0 radical (unpaired) electrons. The fraction of sp³-hybridized carbons (Fsp3) is 0.500. The van der Waals surface area contributed by atoms with E-state index in [1.54, 1.807) is 0 Å². The van der Waals surface area contributed by atoms with Gasteiger partial charge in [0.05, 0.1) is 24.6 Å². The molecule has 0 N–H and O–H groups in total. The fourth-order valence-corrected chi connectivity index (χ4v) is 4.63. The minimum atomic E-state index is -3.14. The van der Waals surface area contributed by atoms with Gasteiger partial charge in [-0.05, 0) is 12.0 Å². The summed E-state index contributed by atoms with van der Waals surface area (Å²) in [5.41, 5.74) is 0.902. The second-order valence-electron chi connectivity index (χ2n) is 4.43. The molecule has 0 bridgehead atoms. The third-order valence-electron chi connectivity index (χ3n) is 3.02. The molecule has 8 heteroatoms. The van der Waals surface area contributed by atoms with Crippen molar-refractivity contribution < 1.29 is 9.09 Å². The van der Waals surface area contributed by atoms with Crippen molar-refractivity contribution in [1.29, 1.82) is 0 Å². The first-order valence-corrected chi connectivity index (χ1v) is 8.71.